The van der Waals surface area contributed by atoms with E-state index in [-0.39, 0.29) is 17.9 Å². The molecule has 0 aliphatic heterocycles. The predicted octanol–water partition coefficient (Wildman–Crippen LogP) is 1.78. The lowest BCUT2D eigenvalue weighted by atomic mass is 10.2. The van der Waals surface area contributed by atoms with Crippen LogP contribution in [-0.4, -0.2) is 11.5 Å². The van der Waals surface area contributed by atoms with Gasteiger partial charge in [0.25, 0.3) is 5.69 Å². The molecule has 0 spiro atoms. The van der Waals surface area contributed by atoms with E-state index in [0.29, 0.717) is 0 Å². The van der Waals surface area contributed by atoms with E-state index in [1.807, 2.05) is 0 Å². The van der Waals surface area contributed by atoms with Crippen LogP contribution in [-0.2, 0) is 0 Å². The fourth-order valence-corrected chi connectivity index (χ4v) is 0.955. The van der Waals surface area contributed by atoms with Gasteiger partial charge in [-0.25, -0.2) is 4.39 Å². The van der Waals surface area contributed by atoms with Gasteiger partial charge in [-0.3, -0.25) is 10.1 Å². The molecule has 72 valence electrons. The molecule has 1 aromatic rings. The molecule has 0 fully saturated rings. The number of anilines is 1. The molecule has 1 N–H and O–H groups in total. The lowest BCUT2D eigenvalue weighted by Crippen LogP contribution is -2.02. The van der Waals surface area contributed by atoms with Crippen molar-refractivity contribution < 1.29 is 9.31 Å². The highest BCUT2D eigenvalue weighted by Gasteiger charge is 2.13. The van der Waals surface area contributed by atoms with Gasteiger partial charge in [-0.1, -0.05) is 5.92 Å². The van der Waals surface area contributed by atoms with Gasteiger partial charge in [-0.05, 0) is 6.07 Å². The SMILES string of the molecule is C#CCNc1cc(F)ccc1[N+](=O)[O-]. The summed E-state index contributed by atoms with van der Waals surface area (Å²) in [6.07, 6.45) is 4.96. The first-order valence-corrected chi connectivity index (χ1v) is 3.76. The molecule has 0 atom stereocenters. The minimum atomic E-state index is -0.599. The first-order valence-electron chi connectivity index (χ1n) is 3.76. The number of terminal acetylenes is 1. The zero-order valence-electron chi connectivity index (χ0n) is 7.16. The Morgan fingerprint density at radius 3 is 2.93 bits per heavy atom. The number of nitrogens with zero attached hydrogens (tertiary/aromatic N) is 1. The maximum Gasteiger partial charge on any atom is 0.292 e. The fraction of sp³-hybridized carbons (Fsp3) is 0.111. The van der Waals surface area contributed by atoms with Crippen molar-refractivity contribution in [3.63, 3.8) is 0 Å². The average molecular weight is 194 g/mol. The van der Waals surface area contributed by atoms with Crippen LogP contribution in [0, 0.1) is 28.3 Å². The van der Waals surface area contributed by atoms with E-state index in [4.69, 9.17) is 6.42 Å². The topological polar surface area (TPSA) is 55.2 Å². The van der Waals surface area contributed by atoms with Gasteiger partial charge in [0, 0.05) is 12.1 Å². The lowest BCUT2D eigenvalue weighted by Gasteiger charge is -2.03. The summed E-state index contributed by atoms with van der Waals surface area (Å²) < 4.78 is 12.7. The molecule has 0 amide bonds. The van der Waals surface area contributed by atoms with Crippen LogP contribution in [0.15, 0.2) is 18.2 Å². The van der Waals surface area contributed by atoms with E-state index in [1.54, 1.807) is 0 Å². The van der Waals surface area contributed by atoms with E-state index >= 15 is 0 Å². The number of rotatable bonds is 3. The zero-order chi connectivity index (χ0) is 10.6. The Morgan fingerprint density at radius 2 is 2.36 bits per heavy atom. The summed E-state index contributed by atoms with van der Waals surface area (Å²) in [4.78, 5) is 9.89. The van der Waals surface area contributed by atoms with Crippen molar-refractivity contribution in [1.82, 2.24) is 0 Å². The Bertz CT molecular complexity index is 398. The van der Waals surface area contributed by atoms with Crippen LogP contribution in [0.4, 0.5) is 15.8 Å². The highest BCUT2D eigenvalue weighted by molar-refractivity contribution is 5.61. The van der Waals surface area contributed by atoms with Crippen molar-refractivity contribution in [3.05, 3.63) is 34.1 Å². The quantitative estimate of drug-likeness (QED) is 0.453. The molecule has 5 heteroatoms. The van der Waals surface area contributed by atoms with Gasteiger partial charge in [0.1, 0.15) is 11.5 Å². The van der Waals surface area contributed by atoms with Crippen molar-refractivity contribution in [2.24, 2.45) is 0 Å². The second-order valence-corrected chi connectivity index (χ2v) is 2.48. The molecule has 0 aliphatic rings. The zero-order valence-corrected chi connectivity index (χ0v) is 7.16. The molecule has 1 rings (SSSR count). The Balaban J connectivity index is 3.04. The molecule has 1 aromatic carbocycles. The number of nitrogens with one attached hydrogen (secondary N) is 1. The highest BCUT2D eigenvalue weighted by atomic mass is 19.1. The van der Waals surface area contributed by atoms with Crippen molar-refractivity contribution in [2.45, 2.75) is 0 Å². The van der Waals surface area contributed by atoms with Crippen LogP contribution < -0.4 is 5.32 Å². The van der Waals surface area contributed by atoms with Gasteiger partial charge >= 0.3 is 0 Å². The van der Waals surface area contributed by atoms with Crippen molar-refractivity contribution in [2.75, 3.05) is 11.9 Å². The van der Waals surface area contributed by atoms with Crippen LogP contribution in [0.3, 0.4) is 0 Å². The fourth-order valence-electron chi connectivity index (χ4n) is 0.955. The smallest absolute Gasteiger partial charge is 0.292 e. The molecule has 0 heterocycles. The van der Waals surface area contributed by atoms with E-state index in [0.717, 1.165) is 18.2 Å². The Hall–Kier alpha value is -2.09. The third kappa shape index (κ3) is 2.20. The second-order valence-electron chi connectivity index (χ2n) is 2.48. The number of halogens is 1. The molecular weight excluding hydrogens is 187 g/mol. The number of hydrogen-bond acceptors (Lipinski definition) is 3. The Morgan fingerprint density at radius 1 is 1.64 bits per heavy atom. The van der Waals surface area contributed by atoms with Crippen LogP contribution >= 0.6 is 0 Å². The largest absolute Gasteiger partial charge is 0.369 e. The van der Waals surface area contributed by atoms with Crippen LogP contribution in [0.5, 0.6) is 0 Å². The molecule has 4 nitrogen and oxygen atoms in total. The monoisotopic (exact) mass is 194 g/mol. The first-order chi connectivity index (χ1) is 6.65. The molecule has 0 saturated carbocycles. The summed E-state index contributed by atoms with van der Waals surface area (Å²) in [7, 11) is 0. The van der Waals surface area contributed by atoms with Crippen LogP contribution in [0.25, 0.3) is 0 Å². The molecule has 14 heavy (non-hydrogen) atoms. The Kier molecular flexibility index (Phi) is 3.02. The van der Waals surface area contributed by atoms with Gasteiger partial charge in [0.05, 0.1) is 11.5 Å². The molecule has 0 saturated heterocycles. The number of hydrogen-bond donors (Lipinski definition) is 1. The molecule has 0 aromatic heterocycles. The summed E-state index contributed by atoms with van der Waals surface area (Å²) in [5.41, 5.74) is -0.102. The van der Waals surface area contributed by atoms with E-state index in [9.17, 15) is 14.5 Å². The van der Waals surface area contributed by atoms with E-state index in [1.165, 1.54) is 0 Å². The van der Waals surface area contributed by atoms with Crippen LogP contribution in [0.2, 0.25) is 0 Å². The van der Waals surface area contributed by atoms with Gasteiger partial charge in [-0.2, -0.15) is 0 Å². The van der Waals surface area contributed by atoms with Gasteiger partial charge in [0.2, 0.25) is 0 Å². The Labute approximate surface area is 79.9 Å². The van der Waals surface area contributed by atoms with Crippen molar-refractivity contribution in [1.29, 1.82) is 0 Å². The number of nitro benzene ring substituents is 1. The summed E-state index contributed by atoms with van der Waals surface area (Å²) in [6, 6.07) is 3.16. The lowest BCUT2D eigenvalue weighted by molar-refractivity contribution is -0.384. The molecular formula is C9H7FN2O2. The highest BCUT2D eigenvalue weighted by Crippen LogP contribution is 2.24. The average Bonchev–Trinajstić information content (AvgIpc) is 2.14. The number of benzene rings is 1. The van der Waals surface area contributed by atoms with Gasteiger partial charge < -0.3 is 5.32 Å². The first kappa shape index (κ1) is 9.99. The predicted molar refractivity (Wildman–Crippen MR) is 50.4 cm³/mol. The minimum Gasteiger partial charge on any atom is -0.369 e. The summed E-state index contributed by atoms with van der Waals surface area (Å²) in [5, 5.41) is 13.1. The summed E-state index contributed by atoms with van der Waals surface area (Å²) >= 11 is 0. The van der Waals surface area contributed by atoms with Gasteiger partial charge in [-0.15, -0.1) is 6.42 Å². The normalized spacial score (nSPS) is 9.14. The summed E-state index contributed by atoms with van der Waals surface area (Å²) in [5.74, 6) is 1.70. The van der Waals surface area contributed by atoms with Crippen LogP contribution in [0.1, 0.15) is 0 Å². The third-order valence-corrected chi connectivity index (χ3v) is 1.54. The molecule has 0 radical (unpaired) electrons. The van der Waals surface area contributed by atoms with E-state index < -0.39 is 10.7 Å². The van der Waals surface area contributed by atoms with E-state index in [2.05, 4.69) is 11.2 Å². The standard InChI is InChI=1S/C9H7FN2O2/c1-2-5-11-8-6-7(10)3-4-9(8)12(13)14/h1,3-4,6,11H,5H2. The molecule has 0 unspecified atom stereocenters. The third-order valence-electron chi connectivity index (χ3n) is 1.54. The minimum absolute atomic E-state index is 0.0907. The maximum atomic E-state index is 12.7. The second kappa shape index (κ2) is 4.23. The van der Waals surface area contributed by atoms with Crippen molar-refractivity contribution in [3.8, 4) is 12.3 Å². The number of nitro groups is 1. The van der Waals surface area contributed by atoms with Crippen molar-refractivity contribution >= 4 is 11.4 Å². The molecule has 0 bridgehead atoms. The summed E-state index contributed by atoms with van der Waals surface area (Å²) in [6.45, 7) is 0.115. The molecule has 0 aliphatic carbocycles. The van der Waals surface area contributed by atoms with Gasteiger partial charge in [0.15, 0.2) is 0 Å². The maximum absolute atomic E-state index is 12.7.